The summed E-state index contributed by atoms with van der Waals surface area (Å²) in [5.41, 5.74) is 0. The quantitative estimate of drug-likeness (QED) is 0.847. The summed E-state index contributed by atoms with van der Waals surface area (Å²) >= 11 is 1.99. The van der Waals surface area contributed by atoms with E-state index in [0.717, 1.165) is 18.3 Å². The molecule has 3 atom stereocenters. The van der Waals surface area contributed by atoms with Gasteiger partial charge in [-0.15, -0.1) is 0 Å². The lowest BCUT2D eigenvalue weighted by molar-refractivity contribution is -0.131. The molecule has 0 aromatic carbocycles. The zero-order chi connectivity index (χ0) is 14.4. The Morgan fingerprint density at radius 2 is 1.95 bits per heavy atom. The van der Waals surface area contributed by atoms with E-state index >= 15 is 0 Å². The fraction of sp³-hybridized carbons (Fsp3) is 0.938. The maximum atomic E-state index is 12.3. The predicted molar refractivity (Wildman–Crippen MR) is 87.2 cm³/mol. The standard InChI is InChI=1S/C16H30N2OS/c1-13(17-14-7-8-15(12-14)20-2)11-16(19)18-9-5-3-4-6-10-18/h13-15,17H,3-12H2,1-2H3. The Morgan fingerprint density at radius 1 is 1.25 bits per heavy atom. The summed E-state index contributed by atoms with van der Waals surface area (Å²) in [4.78, 5) is 14.4. The minimum absolute atomic E-state index is 0.316. The lowest BCUT2D eigenvalue weighted by Gasteiger charge is -2.24. The van der Waals surface area contributed by atoms with Gasteiger partial charge in [-0.3, -0.25) is 4.79 Å². The van der Waals surface area contributed by atoms with Crippen LogP contribution in [0.3, 0.4) is 0 Å². The summed E-state index contributed by atoms with van der Waals surface area (Å²) in [5.74, 6) is 0.353. The van der Waals surface area contributed by atoms with Gasteiger partial charge in [0.15, 0.2) is 0 Å². The lowest BCUT2D eigenvalue weighted by atomic mass is 10.1. The molecule has 116 valence electrons. The Morgan fingerprint density at radius 3 is 2.55 bits per heavy atom. The Labute approximate surface area is 128 Å². The van der Waals surface area contributed by atoms with Gasteiger partial charge >= 0.3 is 0 Å². The molecule has 3 nitrogen and oxygen atoms in total. The first kappa shape index (κ1) is 16.2. The van der Waals surface area contributed by atoms with Crippen molar-refractivity contribution >= 4 is 17.7 Å². The van der Waals surface area contributed by atoms with E-state index < -0.39 is 0 Å². The van der Waals surface area contributed by atoms with Gasteiger partial charge < -0.3 is 10.2 Å². The maximum Gasteiger partial charge on any atom is 0.224 e. The molecule has 0 bridgehead atoms. The van der Waals surface area contributed by atoms with Crippen molar-refractivity contribution in [2.75, 3.05) is 19.3 Å². The number of hydrogen-bond acceptors (Lipinski definition) is 3. The van der Waals surface area contributed by atoms with Crippen LogP contribution < -0.4 is 5.32 Å². The topological polar surface area (TPSA) is 32.3 Å². The van der Waals surface area contributed by atoms with Gasteiger partial charge in [-0.2, -0.15) is 11.8 Å². The molecule has 1 saturated carbocycles. The molecule has 1 saturated heterocycles. The summed E-state index contributed by atoms with van der Waals surface area (Å²) in [6, 6.07) is 0.941. The molecule has 2 aliphatic rings. The molecule has 2 rings (SSSR count). The number of thioether (sulfide) groups is 1. The van der Waals surface area contributed by atoms with E-state index in [4.69, 9.17) is 0 Å². The zero-order valence-corrected chi connectivity index (χ0v) is 13.9. The van der Waals surface area contributed by atoms with Crippen LogP contribution in [0, 0.1) is 0 Å². The monoisotopic (exact) mass is 298 g/mol. The third kappa shape index (κ3) is 4.96. The molecule has 0 spiro atoms. The summed E-state index contributed by atoms with van der Waals surface area (Å²) in [5, 5.41) is 4.49. The number of likely N-dealkylation sites (tertiary alicyclic amines) is 1. The van der Waals surface area contributed by atoms with E-state index in [0.29, 0.717) is 24.4 Å². The van der Waals surface area contributed by atoms with Gasteiger partial charge in [-0.25, -0.2) is 0 Å². The van der Waals surface area contributed by atoms with Crippen LogP contribution >= 0.6 is 11.8 Å². The highest BCUT2D eigenvalue weighted by Crippen LogP contribution is 2.28. The average molecular weight is 298 g/mol. The third-order valence-electron chi connectivity index (χ3n) is 4.68. The van der Waals surface area contributed by atoms with Gasteiger partial charge in [0, 0.05) is 36.8 Å². The number of nitrogens with zero attached hydrogens (tertiary/aromatic N) is 1. The van der Waals surface area contributed by atoms with Gasteiger partial charge in [-0.1, -0.05) is 12.8 Å². The fourth-order valence-electron chi connectivity index (χ4n) is 3.48. The van der Waals surface area contributed by atoms with Crippen LogP contribution in [0.1, 0.15) is 58.3 Å². The van der Waals surface area contributed by atoms with Crippen LogP contribution in [-0.2, 0) is 4.79 Å². The number of amides is 1. The van der Waals surface area contributed by atoms with Crippen molar-refractivity contribution in [1.29, 1.82) is 0 Å². The van der Waals surface area contributed by atoms with Gasteiger partial charge in [0.1, 0.15) is 0 Å². The van der Waals surface area contributed by atoms with E-state index in [2.05, 4.69) is 23.4 Å². The highest BCUT2D eigenvalue weighted by atomic mass is 32.2. The van der Waals surface area contributed by atoms with Gasteiger partial charge in [0.05, 0.1) is 0 Å². The normalized spacial score (nSPS) is 29.2. The third-order valence-corrected chi connectivity index (χ3v) is 5.77. The average Bonchev–Trinajstić information content (AvgIpc) is 2.71. The number of nitrogens with one attached hydrogen (secondary N) is 1. The van der Waals surface area contributed by atoms with E-state index in [1.807, 2.05) is 11.8 Å². The second-order valence-corrected chi connectivity index (χ2v) is 7.57. The van der Waals surface area contributed by atoms with Gasteiger partial charge in [0.2, 0.25) is 5.91 Å². The molecule has 3 unspecified atom stereocenters. The largest absolute Gasteiger partial charge is 0.343 e. The first-order chi connectivity index (χ1) is 9.69. The highest BCUT2D eigenvalue weighted by molar-refractivity contribution is 7.99. The first-order valence-corrected chi connectivity index (χ1v) is 9.54. The van der Waals surface area contributed by atoms with Crippen LogP contribution in [0.15, 0.2) is 0 Å². The predicted octanol–water partition coefficient (Wildman–Crippen LogP) is 3.04. The van der Waals surface area contributed by atoms with E-state index in [9.17, 15) is 4.79 Å². The molecule has 4 heteroatoms. The van der Waals surface area contributed by atoms with Crippen LogP contribution in [0.4, 0.5) is 0 Å². The molecule has 0 aromatic rings. The fourth-order valence-corrected chi connectivity index (χ4v) is 4.27. The number of rotatable bonds is 5. The van der Waals surface area contributed by atoms with E-state index in [-0.39, 0.29) is 0 Å². The smallest absolute Gasteiger partial charge is 0.224 e. The van der Waals surface area contributed by atoms with Crippen molar-refractivity contribution in [2.24, 2.45) is 0 Å². The number of hydrogen-bond donors (Lipinski definition) is 1. The maximum absolute atomic E-state index is 12.3. The van der Waals surface area contributed by atoms with Crippen LogP contribution in [-0.4, -0.2) is 47.5 Å². The molecule has 0 radical (unpaired) electrons. The summed E-state index contributed by atoms with van der Waals surface area (Å²) in [6.45, 7) is 4.12. The first-order valence-electron chi connectivity index (χ1n) is 8.25. The Bertz CT molecular complexity index is 303. The Kier molecular flexibility index (Phi) is 6.69. The molecule has 1 aliphatic carbocycles. The second kappa shape index (κ2) is 8.28. The molecular formula is C16H30N2OS. The molecule has 2 fully saturated rings. The van der Waals surface area contributed by atoms with E-state index in [1.54, 1.807) is 0 Å². The van der Waals surface area contributed by atoms with Crippen LogP contribution in [0.25, 0.3) is 0 Å². The van der Waals surface area contributed by atoms with E-state index in [1.165, 1.54) is 44.9 Å². The van der Waals surface area contributed by atoms with Crippen molar-refractivity contribution in [3.63, 3.8) is 0 Å². The highest BCUT2D eigenvalue weighted by Gasteiger charge is 2.26. The van der Waals surface area contributed by atoms with Crippen molar-refractivity contribution in [1.82, 2.24) is 10.2 Å². The second-order valence-electron chi connectivity index (χ2n) is 6.43. The molecule has 1 amide bonds. The summed E-state index contributed by atoms with van der Waals surface area (Å²) in [6.07, 6.45) is 11.7. The molecule has 0 aromatic heterocycles. The summed E-state index contributed by atoms with van der Waals surface area (Å²) < 4.78 is 0. The zero-order valence-electron chi connectivity index (χ0n) is 13.1. The molecule has 1 N–H and O–H groups in total. The minimum atomic E-state index is 0.316. The van der Waals surface area contributed by atoms with Crippen molar-refractivity contribution < 1.29 is 4.79 Å². The SMILES string of the molecule is CSC1CCC(NC(C)CC(=O)N2CCCCCC2)C1. The number of carbonyl (C=O) groups is 1. The van der Waals surface area contributed by atoms with Gasteiger partial charge in [-0.05, 0) is 45.3 Å². The molecule has 1 aliphatic heterocycles. The Hall–Kier alpha value is -0.220. The molecular weight excluding hydrogens is 268 g/mol. The number of carbonyl (C=O) groups excluding carboxylic acids is 1. The minimum Gasteiger partial charge on any atom is -0.343 e. The Balaban J connectivity index is 1.70. The summed E-state index contributed by atoms with van der Waals surface area (Å²) in [7, 11) is 0. The molecule has 20 heavy (non-hydrogen) atoms. The van der Waals surface area contributed by atoms with Crippen molar-refractivity contribution in [3.05, 3.63) is 0 Å². The van der Waals surface area contributed by atoms with Crippen LogP contribution in [0.2, 0.25) is 0 Å². The van der Waals surface area contributed by atoms with Crippen LogP contribution in [0.5, 0.6) is 0 Å². The van der Waals surface area contributed by atoms with Crippen molar-refractivity contribution in [3.8, 4) is 0 Å². The van der Waals surface area contributed by atoms with Gasteiger partial charge in [0.25, 0.3) is 0 Å². The molecule has 1 heterocycles. The lowest BCUT2D eigenvalue weighted by Crippen LogP contribution is -2.40. The van der Waals surface area contributed by atoms with Crippen molar-refractivity contribution in [2.45, 2.75) is 75.6 Å².